The number of fused-ring (bicyclic) bond motifs is 1. The molecule has 0 radical (unpaired) electrons. The number of carboxylic acids is 1. The number of aromatic carboxylic acids is 1. The molecular formula is C15H15N3O3. The van der Waals surface area contributed by atoms with Crippen LogP contribution in [0.2, 0.25) is 0 Å². The summed E-state index contributed by atoms with van der Waals surface area (Å²) in [5.74, 6) is 0.300. The predicted molar refractivity (Wildman–Crippen MR) is 76.7 cm³/mol. The Morgan fingerprint density at radius 2 is 2.19 bits per heavy atom. The van der Waals surface area contributed by atoms with Crippen molar-refractivity contribution in [3.8, 4) is 5.88 Å². The number of aromatic nitrogens is 2. The molecule has 1 aromatic heterocycles. The molecule has 0 saturated heterocycles. The summed E-state index contributed by atoms with van der Waals surface area (Å²) in [7, 11) is 1.55. The number of rotatable bonds is 3. The lowest BCUT2D eigenvalue weighted by Crippen LogP contribution is -2.31. The molecule has 108 valence electrons. The van der Waals surface area contributed by atoms with Gasteiger partial charge in [-0.05, 0) is 29.7 Å². The summed E-state index contributed by atoms with van der Waals surface area (Å²) in [5.41, 5.74) is 2.52. The van der Waals surface area contributed by atoms with Crippen LogP contribution in [-0.2, 0) is 13.0 Å². The number of benzene rings is 1. The first-order valence-corrected chi connectivity index (χ1v) is 6.63. The van der Waals surface area contributed by atoms with E-state index < -0.39 is 5.97 Å². The number of carbonyl (C=O) groups is 1. The number of methoxy groups -OCH3 is 1. The van der Waals surface area contributed by atoms with Crippen molar-refractivity contribution in [1.29, 1.82) is 0 Å². The molecule has 2 aromatic rings. The number of hydrogen-bond acceptors (Lipinski definition) is 5. The lowest BCUT2D eigenvalue weighted by Gasteiger charge is -2.29. The van der Waals surface area contributed by atoms with Crippen LogP contribution in [0.5, 0.6) is 5.88 Å². The third-order valence-electron chi connectivity index (χ3n) is 3.60. The van der Waals surface area contributed by atoms with E-state index in [4.69, 9.17) is 9.84 Å². The Morgan fingerprint density at radius 1 is 1.33 bits per heavy atom. The van der Waals surface area contributed by atoms with Crippen molar-refractivity contribution >= 4 is 11.8 Å². The first kappa shape index (κ1) is 13.4. The molecule has 6 nitrogen and oxygen atoms in total. The van der Waals surface area contributed by atoms with Gasteiger partial charge in [-0.1, -0.05) is 6.07 Å². The molecule has 0 amide bonds. The molecule has 21 heavy (non-hydrogen) atoms. The molecule has 1 aliphatic rings. The minimum atomic E-state index is -0.906. The summed E-state index contributed by atoms with van der Waals surface area (Å²) in [4.78, 5) is 21.6. The molecule has 0 saturated carbocycles. The topological polar surface area (TPSA) is 75.5 Å². The van der Waals surface area contributed by atoms with Gasteiger partial charge in [0.25, 0.3) is 0 Å². The predicted octanol–water partition coefficient (Wildman–Crippen LogP) is 1.75. The molecule has 0 fully saturated rings. The van der Waals surface area contributed by atoms with E-state index in [-0.39, 0.29) is 0 Å². The van der Waals surface area contributed by atoms with Gasteiger partial charge < -0.3 is 14.7 Å². The molecule has 6 heteroatoms. The highest BCUT2D eigenvalue weighted by Gasteiger charge is 2.19. The molecule has 0 bridgehead atoms. The van der Waals surface area contributed by atoms with Crippen LogP contribution in [0.15, 0.2) is 30.6 Å². The number of ether oxygens (including phenoxy) is 1. The third-order valence-corrected chi connectivity index (χ3v) is 3.60. The molecule has 1 aliphatic heterocycles. The van der Waals surface area contributed by atoms with Crippen molar-refractivity contribution in [1.82, 2.24) is 9.97 Å². The van der Waals surface area contributed by atoms with Crippen LogP contribution in [0.25, 0.3) is 0 Å². The van der Waals surface area contributed by atoms with Crippen LogP contribution < -0.4 is 9.64 Å². The SMILES string of the molecule is COc1cncc(N2CCc3ccc(C(=O)O)cc3C2)n1. The number of carboxylic acid groups (broad SMARTS) is 1. The second-order valence-corrected chi connectivity index (χ2v) is 4.88. The van der Waals surface area contributed by atoms with Crippen molar-refractivity contribution in [2.45, 2.75) is 13.0 Å². The maximum Gasteiger partial charge on any atom is 0.335 e. The van der Waals surface area contributed by atoms with Crippen molar-refractivity contribution in [2.24, 2.45) is 0 Å². The van der Waals surface area contributed by atoms with Gasteiger partial charge in [-0.2, -0.15) is 4.98 Å². The van der Waals surface area contributed by atoms with E-state index in [0.29, 0.717) is 18.0 Å². The summed E-state index contributed by atoms with van der Waals surface area (Å²) >= 11 is 0. The monoisotopic (exact) mass is 285 g/mol. The average Bonchev–Trinajstić information content (AvgIpc) is 2.53. The standard InChI is InChI=1S/C15H15N3O3/c1-21-14-8-16-7-13(17-14)18-5-4-10-2-3-11(15(19)20)6-12(10)9-18/h2-3,6-8H,4-5,9H2,1H3,(H,19,20). The van der Waals surface area contributed by atoms with Crippen molar-refractivity contribution < 1.29 is 14.6 Å². The van der Waals surface area contributed by atoms with Crippen LogP contribution in [0.1, 0.15) is 21.5 Å². The van der Waals surface area contributed by atoms with Crippen LogP contribution in [-0.4, -0.2) is 34.7 Å². The van der Waals surface area contributed by atoms with Crippen molar-refractivity contribution in [2.75, 3.05) is 18.6 Å². The Labute approximate surface area is 122 Å². The Balaban J connectivity index is 1.89. The molecular weight excluding hydrogens is 270 g/mol. The van der Waals surface area contributed by atoms with Gasteiger partial charge in [0.1, 0.15) is 0 Å². The second kappa shape index (κ2) is 5.40. The number of nitrogens with zero attached hydrogens (tertiary/aromatic N) is 3. The van der Waals surface area contributed by atoms with Gasteiger partial charge in [0, 0.05) is 13.1 Å². The van der Waals surface area contributed by atoms with E-state index >= 15 is 0 Å². The summed E-state index contributed by atoms with van der Waals surface area (Å²) in [5, 5.41) is 9.09. The summed E-state index contributed by atoms with van der Waals surface area (Å²) in [6.07, 6.45) is 4.10. The van der Waals surface area contributed by atoms with E-state index in [2.05, 4.69) is 14.9 Å². The molecule has 2 heterocycles. The fourth-order valence-corrected chi connectivity index (χ4v) is 2.47. The zero-order chi connectivity index (χ0) is 14.8. The van der Waals surface area contributed by atoms with Gasteiger partial charge in [0.05, 0.1) is 25.1 Å². The largest absolute Gasteiger partial charge is 0.480 e. The summed E-state index contributed by atoms with van der Waals surface area (Å²) < 4.78 is 5.09. The van der Waals surface area contributed by atoms with Gasteiger partial charge in [-0.3, -0.25) is 4.98 Å². The maximum absolute atomic E-state index is 11.1. The molecule has 1 N–H and O–H groups in total. The number of hydrogen-bond donors (Lipinski definition) is 1. The van der Waals surface area contributed by atoms with Crippen LogP contribution in [0.4, 0.5) is 5.82 Å². The second-order valence-electron chi connectivity index (χ2n) is 4.88. The summed E-state index contributed by atoms with van der Waals surface area (Å²) in [6, 6.07) is 5.28. The Hall–Kier alpha value is -2.63. The molecule has 1 aromatic carbocycles. The van der Waals surface area contributed by atoms with Gasteiger partial charge in [-0.25, -0.2) is 4.79 Å². The Morgan fingerprint density at radius 3 is 2.95 bits per heavy atom. The first-order valence-electron chi connectivity index (χ1n) is 6.63. The molecule has 0 atom stereocenters. The lowest BCUT2D eigenvalue weighted by atomic mass is 9.97. The zero-order valence-electron chi connectivity index (χ0n) is 11.6. The Bertz CT molecular complexity index is 688. The highest BCUT2D eigenvalue weighted by Crippen LogP contribution is 2.24. The Kier molecular flexibility index (Phi) is 3.43. The van der Waals surface area contributed by atoms with E-state index in [1.807, 2.05) is 6.07 Å². The van der Waals surface area contributed by atoms with Gasteiger partial charge in [-0.15, -0.1) is 0 Å². The smallest absolute Gasteiger partial charge is 0.335 e. The first-order chi connectivity index (χ1) is 10.2. The van der Waals surface area contributed by atoms with Crippen LogP contribution in [0.3, 0.4) is 0 Å². The van der Waals surface area contributed by atoms with Gasteiger partial charge in [0.15, 0.2) is 5.82 Å². The average molecular weight is 285 g/mol. The zero-order valence-corrected chi connectivity index (χ0v) is 11.6. The van der Waals surface area contributed by atoms with E-state index in [1.54, 1.807) is 31.6 Å². The fourth-order valence-electron chi connectivity index (χ4n) is 2.47. The molecule has 0 spiro atoms. The lowest BCUT2D eigenvalue weighted by molar-refractivity contribution is 0.0696. The number of anilines is 1. The van der Waals surface area contributed by atoms with Gasteiger partial charge in [0.2, 0.25) is 5.88 Å². The van der Waals surface area contributed by atoms with Crippen molar-refractivity contribution in [3.05, 3.63) is 47.3 Å². The normalized spacial score (nSPS) is 13.7. The molecule has 0 unspecified atom stereocenters. The molecule has 0 aliphatic carbocycles. The van der Waals surface area contributed by atoms with E-state index in [9.17, 15) is 4.79 Å². The maximum atomic E-state index is 11.1. The van der Waals surface area contributed by atoms with Crippen molar-refractivity contribution in [3.63, 3.8) is 0 Å². The van der Waals surface area contributed by atoms with E-state index in [1.165, 1.54) is 5.56 Å². The summed E-state index contributed by atoms with van der Waals surface area (Å²) in [6.45, 7) is 1.44. The van der Waals surface area contributed by atoms with E-state index in [0.717, 1.165) is 24.3 Å². The molecule has 3 rings (SSSR count). The fraction of sp³-hybridized carbons (Fsp3) is 0.267. The van der Waals surface area contributed by atoms with Gasteiger partial charge >= 0.3 is 5.97 Å². The third kappa shape index (κ3) is 2.65. The minimum Gasteiger partial charge on any atom is -0.480 e. The highest BCUT2D eigenvalue weighted by atomic mass is 16.5. The van der Waals surface area contributed by atoms with Crippen LogP contribution in [0, 0.1) is 0 Å². The highest BCUT2D eigenvalue weighted by molar-refractivity contribution is 5.88. The quantitative estimate of drug-likeness (QED) is 0.926. The van der Waals surface area contributed by atoms with Crippen LogP contribution >= 0.6 is 0 Å². The minimum absolute atomic E-state index is 0.312.